The average molecular weight is 263 g/mol. The van der Waals surface area contributed by atoms with E-state index in [0.29, 0.717) is 24.5 Å². The fourth-order valence-electron chi connectivity index (χ4n) is 1.99. The van der Waals surface area contributed by atoms with Crippen LogP contribution in [-0.4, -0.2) is 43.1 Å². The smallest absolute Gasteiger partial charge is 0.322 e. The van der Waals surface area contributed by atoms with Gasteiger partial charge in [-0.2, -0.15) is 0 Å². The molecule has 0 saturated carbocycles. The molecule has 1 aliphatic heterocycles. The van der Waals surface area contributed by atoms with Crippen LogP contribution in [0.5, 0.6) is 5.75 Å². The molecule has 1 unspecified atom stereocenters. The van der Waals surface area contributed by atoms with Gasteiger partial charge in [-0.1, -0.05) is 12.1 Å². The summed E-state index contributed by atoms with van der Waals surface area (Å²) in [5, 5.41) is 5.48. The van der Waals surface area contributed by atoms with Crippen LogP contribution in [0.1, 0.15) is 6.92 Å². The zero-order valence-electron chi connectivity index (χ0n) is 11.0. The third-order valence-electron chi connectivity index (χ3n) is 3.11. The normalized spacial score (nSPS) is 18.7. The van der Waals surface area contributed by atoms with Crippen molar-refractivity contribution in [1.82, 2.24) is 10.2 Å². The second kappa shape index (κ2) is 5.60. The van der Waals surface area contributed by atoms with Crippen molar-refractivity contribution in [3.05, 3.63) is 24.3 Å². The summed E-state index contributed by atoms with van der Waals surface area (Å²) in [4.78, 5) is 25.2. The maximum Gasteiger partial charge on any atom is 0.322 e. The van der Waals surface area contributed by atoms with E-state index in [4.69, 9.17) is 4.74 Å². The summed E-state index contributed by atoms with van der Waals surface area (Å²) in [6, 6.07) is 6.39. The molecule has 6 nitrogen and oxygen atoms in total. The van der Waals surface area contributed by atoms with Gasteiger partial charge in [-0.05, 0) is 19.1 Å². The van der Waals surface area contributed by atoms with Gasteiger partial charge in [0.25, 0.3) is 0 Å². The molecule has 0 aliphatic carbocycles. The molecular weight excluding hydrogens is 246 g/mol. The molecule has 1 fully saturated rings. The number of anilines is 1. The lowest BCUT2D eigenvalue weighted by atomic mass is 10.2. The highest BCUT2D eigenvalue weighted by Crippen LogP contribution is 2.23. The van der Waals surface area contributed by atoms with Crippen molar-refractivity contribution in [3.8, 4) is 5.75 Å². The number of urea groups is 1. The van der Waals surface area contributed by atoms with Crippen molar-refractivity contribution in [3.63, 3.8) is 0 Å². The Labute approximate surface area is 111 Å². The van der Waals surface area contributed by atoms with Gasteiger partial charge in [0.05, 0.1) is 12.8 Å². The number of carbonyl (C=O) groups is 2. The van der Waals surface area contributed by atoms with Crippen molar-refractivity contribution in [1.29, 1.82) is 0 Å². The number of ether oxygens (including phenoxy) is 1. The lowest BCUT2D eigenvalue weighted by molar-refractivity contribution is -0.126. The average Bonchev–Trinajstić information content (AvgIpc) is 2.42. The molecule has 1 atom stereocenters. The van der Waals surface area contributed by atoms with E-state index in [1.54, 1.807) is 26.2 Å². The van der Waals surface area contributed by atoms with Crippen molar-refractivity contribution in [2.24, 2.45) is 0 Å². The first kappa shape index (κ1) is 13.2. The van der Waals surface area contributed by atoms with E-state index in [1.807, 2.05) is 12.1 Å². The lowest BCUT2D eigenvalue weighted by Crippen LogP contribution is -2.56. The Morgan fingerprint density at radius 1 is 1.47 bits per heavy atom. The Kier molecular flexibility index (Phi) is 3.89. The maximum absolute atomic E-state index is 12.2. The molecule has 0 bridgehead atoms. The fraction of sp³-hybridized carbons (Fsp3) is 0.385. The van der Waals surface area contributed by atoms with E-state index in [-0.39, 0.29) is 11.9 Å². The number of amides is 3. The Morgan fingerprint density at radius 2 is 2.21 bits per heavy atom. The first-order valence-electron chi connectivity index (χ1n) is 6.12. The molecule has 2 N–H and O–H groups in total. The molecule has 6 heteroatoms. The van der Waals surface area contributed by atoms with Crippen LogP contribution in [-0.2, 0) is 4.79 Å². The number of nitrogens with zero attached hydrogens (tertiary/aromatic N) is 1. The van der Waals surface area contributed by atoms with E-state index in [0.717, 1.165) is 0 Å². The van der Waals surface area contributed by atoms with Gasteiger partial charge in [0, 0.05) is 13.1 Å². The number of hydrogen-bond acceptors (Lipinski definition) is 3. The van der Waals surface area contributed by atoms with Crippen molar-refractivity contribution >= 4 is 17.6 Å². The molecule has 2 rings (SSSR count). The minimum absolute atomic E-state index is 0.138. The summed E-state index contributed by atoms with van der Waals surface area (Å²) in [6.07, 6.45) is 0. The van der Waals surface area contributed by atoms with Gasteiger partial charge in [0.1, 0.15) is 11.8 Å². The van der Waals surface area contributed by atoms with Gasteiger partial charge in [-0.15, -0.1) is 0 Å². The van der Waals surface area contributed by atoms with E-state index in [1.165, 1.54) is 4.90 Å². The zero-order chi connectivity index (χ0) is 13.8. The predicted octanol–water partition coefficient (Wildman–Crippen LogP) is 1.05. The summed E-state index contributed by atoms with van der Waals surface area (Å²) >= 11 is 0. The van der Waals surface area contributed by atoms with Crippen LogP contribution in [0, 0.1) is 0 Å². The SMILES string of the molecule is COc1ccccc1NC(=O)N1CCNC(=O)C1C. The standard InChI is InChI=1S/C13H17N3O3/c1-9-12(17)14-7-8-16(9)13(18)15-10-5-3-4-6-11(10)19-2/h3-6,9H,7-8H2,1-2H3,(H,14,17)(H,15,18). The molecule has 19 heavy (non-hydrogen) atoms. The van der Waals surface area contributed by atoms with Gasteiger partial charge in [-0.3, -0.25) is 4.79 Å². The zero-order valence-corrected chi connectivity index (χ0v) is 11.0. The van der Waals surface area contributed by atoms with Crippen molar-refractivity contribution < 1.29 is 14.3 Å². The number of hydrogen-bond donors (Lipinski definition) is 2. The van der Waals surface area contributed by atoms with Gasteiger partial charge in [0.2, 0.25) is 5.91 Å². The number of carbonyl (C=O) groups excluding carboxylic acids is 2. The van der Waals surface area contributed by atoms with Crippen LogP contribution in [0.3, 0.4) is 0 Å². The third kappa shape index (κ3) is 2.78. The Morgan fingerprint density at radius 3 is 2.95 bits per heavy atom. The number of rotatable bonds is 2. The van der Waals surface area contributed by atoms with Crippen LogP contribution in [0.15, 0.2) is 24.3 Å². The van der Waals surface area contributed by atoms with Gasteiger partial charge in [0.15, 0.2) is 0 Å². The monoisotopic (exact) mass is 263 g/mol. The second-order valence-corrected chi connectivity index (χ2v) is 4.29. The quantitative estimate of drug-likeness (QED) is 0.837. The van der Waals surface area contributed by atoms with Crippen molar-refractivity contribution in [2.45, 2.75) is 13.0 Å². The Balaban J connectivity index is 2.10. The molecule has 0 radical (unpaired) electrons. The van der Waals surface area contributed by atoms with Gasteiger partial charge >= 0.3 is 6.03 Å². The number of nitrogens with one attached hydrogen (secondary N) is 2. The summed E-state index contributed by atoms with van der Waals surface area (Å²) in [5.41, 5.74) is 0.591. The van der Waals surface area contributed by atoms with E-state index in [2.05, 4.69) is 10.6 Å². The Hall–Kier alpha value is -2.24. The van der Waals surface area contributed by atoms with Crippen LogP contribution in [0.2, 0.25) is 0 Å². The molecule has 102 valence electrons. The van der Waals surface area contributed by atoms with E-state index < -0.39 is 6.04 Å². The summed E-state index contributed by atoms with van der Waals surface area (Å²) in [5.74, 6) is 0.450. The van der Waals surface area contributed by atoms with Crippen molar-refractivity contribution in [2.75, 3.05) is 25.5 Å². The molecule has 0 spiro atoms. The molecule has 3 amide bonds. The van der Waals surface area contributed by atoms with Crippen LogP contribution >= 0.6 is 0 Å². The first-order chi connectivity index (χ1) is 9.13. The van der Waals surface area contributed by atoms with Crippen LogP contribution < -0.4 is 15.4 Å². The number of benzene rings is 1. The Bertz CT molecular complexity index is 490. The molecule has 1 aliphatic rings. The maximum atomic E-state index is 12.2. The summed E-state index contributed by atoms with van der Waals surface area (Å²) in [7, 11) is 1.54. The molecule has 1 saturated heterocycles. The minimum atomic E-state index is -0.469. The van der Waals surface area contributed by atoms with Gasteiger partial charge in [-0.25, -0.2) is 4.79 Å². The highest BCUT2D eigenvalue weighted by Gasteiger charge is 2.29. The highest BCUT2D eigenvalue weighted by molar-refractivity contribution is 5.95. The third-order valence-corrected chi connectivity index (χ3v) is 3.11. The number of methoxy groups -OCH3 is 1. The summed E-state index contributed by atoms with van der Waals surface area (Å²) < 4.78 is 5.17. The van der Waals surface area contributed by atoms with Gasteiger partial charge < -0.3 is 20.3 Å². The molecule has 1 heterocycles. The topological polar surface area (TPSA) is 70.7 Å². The van der Waals surface area contributed by atoms with E-state index >= 15 is 0 Å². The highest BCUT2D eigenvalue weighted by atomic mass is 16.5. The van der Waals surface area contributed by atoms with Crippen LogP contribution in [0.25, 0.3) is 0 Å². The predicted molar refractivity (Wildman–Crippen MR) is 71.2 cm³/mol. The molecular formula is C13H17N3O3. The second-order valence-electron chi connectivity index (χ2n) is 4.29. The largest absolute Gasteiger partial charge is 0.495 e. The number of piperazine rings is 1. The molecule has 1 aromatic rings. The lowest BCUT2D eigenvalue weighted by Gasteiger charge is -2.32. The fourth-order valence-corrected chi connectivity index (χ4v) is 1.99. The van der Waals surface area contributed by atoms with Crippen LogP contribution in [0.4, 0.5) is 10.5 Å². The molecule has 1 aromatic carbocycles. The first-order valence-corrected chi connectivity index (χ1v) is 6.12. The minimum Gasteiger partial charge on any atom is -0.495 e. The summed E-state index contributed by atoms with van der Waals surface area (Å²) in [6.45, 7) is 2.67. The molecule has 0 aromatic heterocycles. The van der Waals surface area contributed by atoms with E-state index in [9.17, 15) is 9.59 Å². The number of para-hydroxylation sites is 2.